The summed E-state index contributed by atoms with van der Waals surface area (Å²) >= 11 is 0. The summed E-state index contributed by atoms with van der Waals surface area (Å²) in [5, 5.41) is 7.96. The second-order valence-corrected chi connectivity index (χ2v) is 8.61. The number of fused-ring (bicyclic) bond motifs is 1. The van der Waals surface area contributed by atoms with Crippen molar-refractivity contribution in [2.24, 2.45) is 5.92 Å². The number of aromatic nitrogens is 2. The van der Waals surface area contributed by atoms with Crippen LogP contribution in [0.2, 0.25) is 0 Å². The normalized spacial score (nSPS) is 12.5. The van der Waals surface area contributed by atoms with Gasteiger partial charge in [0.15, 0.2) is 5.78 Å². The van der Waals surface area contributed by atoms with E-state index in [9.17, 15) is 27.2 Å². The molecule has 0 aliphatic heterocycles. The number of nitrogens with one attached hydrogen (secondary N) is 1. The molecule has 1 amide bonds. The van der Waals surface area contributed by atoms with Crippen molar-refractivity contribution < 1.29 is 36.6 Å². The van der Waals surface area contributed by atoms with Crippen molar-refractivity contribution in [3.63, 3.8) is 0 Å². The first-order chi connectivity index (χ1) is 17.6. The van der Waals surface area contributed by atoms with E-state index >= 15 is 0 Å². The van der Waals surface area contributed by atoms with E-state index < -0.39 is 23.3 Å². The highest BCUT2D eigenvalue weighted by Gasteiger charge is 2.31. The molecule has 11 heteroatoms. The molecule has 200 valence electrons. The maximum Gasteiger partial charge on any atom is 0.416 e. The highest BCUT2D eigenvalue weighted by Crippen LogP contribution is 2.31. The summed E-state index contributed by atoms with van der Waals surface area (Å²) in [6.07, 6.45) is -1.84. The van der Waals surface area contributed by atoms with Gasteiger partial charge in [-0.05, 0) is 42.7 Å². The van der Waals surface area contributed by atoms with Gasteiger partial charge in [0.1, 0.15) is 11.6 Å². The second-order valence-electron chi connectivity index (χ2n) is 8.61. The first-order valence-corrected chi connectivity index (χ1v) is 11.8. The van der Waals surface area contributed by atoms with Crippen LogP contribution in [-0.4, -0.2) is 48.8 Å². The SMILES string of the molecule is CCC(CCC(=O)c1ccc(C(F)(F)F)cc1F)Cn1cc2c(OC)c(C(=O)NCCOC)ccc2n1. The van der Waals surface area contributed by atoms with E-state index in [0.717, 1.165) is 6.07 Å². The van der Waals surface area contributed by atoms with Crippen molar-refractivity contribution in [3.8, 4) is 5.75 Å². The van der Waals surface area contributed by atoms with Crippen LogP contribution in [0.1, 0.15) is 52.5 Å². The fraction of sp³-hybridized carbons (Fsp3) is 0.423. The van der Waals surface area contributed by atoms with Gasteiger partial charge in [0.25, 0.3) is 5.91 Å². The zero-order valence-corrected chi connectivity index (χ0v) is 20.8. The van der Waals surface area contributed by atoms with Gasteiger partial charge in [-0.1, -0.05) is 13.3 Å². The van der Waals surface area contributed by atoms with Crippen LogP contribution in [0.15, 0.2) is 36.5 Å². The number of nitrogens with zero attached hydrogens (tertiary/aromatic N) is 2. The number of methoxy groups -OCH3 is 2. The molecule has 1 atom stereocenters. The van der Waals surface area contributed by atoms with Crippen LogP contribution >= 0.6 is 0 Å². The molecule has 1 N–H and O–H groups in total. The van der Waals surface area contributed by atoms with Gasteiger partial charge in [-0.15, -0.1) is 0 Å². The van der Waals surface area contributed by atoms with Crippen LogP contribution in [0, 0.1) is 11.7 Å². The zero-order valence-electron chi connectivity index (χ0n) is 20.8. The lowest BCUT2D eigenvalue weighted by Crippen LogP contribution is -2.27. The predicted molar refractivity (Wildman–Crippen MR) is 129 cm³/mol. The van der Waals surface area contributed by atoms with Crippen LogP contribution in [0.5, 0.6) is 5.75 Å². The summed E-state index contributed by atoms with van der Waals surface area (Å²) in [7, 11) is 3.01. The van der Waals surface area contributed by atoms with Crippen LogP contribution < -0.4 is 10.1 Å². The quantitative estimate of drug-likeness (QED) is 0.199. The number of amides is 1. The number of hydrogen-bond donors (Lipinski definition) is 1. The van der Waals surface area contributed by atoms with Crippen molar-refractivity contribution in [2.75, 3.05) is 27.4 Å². The van der Waals surface area contributed by atoms with Gasteiger partial charge >= 0.3 is 6.18 Å². The standard InChI is InChI=1S/C26H29F4N3O4/c1-4-16(5-10-23(34)18-7-6-17(13-21(18)27)26(28,29)30)14-33-15-20-22(32-33)9-8-19(24(20)37-3)25(35)31-11-12-36-2/h6-9,13,15-16H,4-5,10-12,14H2,1-3H3,(H,31,35). The molecule has 0 radical (unpaired) electrons. The Morgan fingerprint density at radius 3 is 2.49 bits per heavy atom. The van der Waals surface area contributed by atoms with Crippen molar-refractivity contribution in [2.45, 2.75) is 38.9 Å². The van der Waals surface area contributed by atoms with E-state index in [1.54, 1.807) is 30.1 Å². The summed E-state index contributed by atoms with van der Waals surface area (Å²) in [4.78, 5) is 25.1. The summed E-state index contributed by atoms with van der Waals surface area (Å²) < 4.78 is 64.6. The monoisotopic (exact) mass is 523 g/mol. The number of hydrogen-bond acceptors (Lipinski definition) is 5. The Kier molecular flexibility index (Phi) is 9.25. The Balaban J connectivity index is 1.70. The third-order valence-corrected chi connectivity index (χ3v) is 6.13. The number of ketones is 1. The Labute approximate surface area is 211 Å². The van der Waals surface area contributed by atoms with Gasteiger partial charge in [-0.2, -0.15) is 18.3 Å². The fourth-order valence-corrected chi connectivity index (χ4v) is 4.05. The van der Waals surface area contributed by atoms with Gasteiger partial charge in [0, 0.05) is 32.8 Å². The minimum absolute atomic E-state index is 0.00132. The van der Waals surface area contributed by atoms with E-state index in [1.807, 2.05) is 6.92 Å². The lowest BCUT2D eigenvalue weighted by atomic mass is 9.96. The number of carbonyl (C=O) groups excluding carboxylic acids is 2. The molecule has 2 aromatic carbocycles. The third-order valence-electron chi connectivity index (χ3n) is 6.13. The number of benzene rings is 2. The number of halogens is 4. The lowest BCUT2D eigenvalue weighted by molar-refractivity contribution is -0.137. The molecule has 0 saturated carbocycles. The Hall–Kier alpha value is -3.47. The van der Waals surface area contributed by atoms with Crippen molar-refractivity contribution in [1.82, 2.24) is 15.1 Å². The number of rotatable bonds is 12. The molecular weight excluding hydrogens is 494 g/mol. The number of alkyl halides is 3. The largest absolute Gasteiger partial charge is 0.495 e. The molecule has 3 aromatic rings. The highest BCUT2D eigenvalue weighted by molar-refractivity contribution is 6.03. The molecule has 0 saturated heterocycles. The van der Waals surface area contributed by atoms with E-state index in [1.165, 1.54) is 7.11 Å². The summed E-state index contributed by atoms with van der Waals surface area (Å²) in [5.74, 6) is -1.65. The number of carbonyl (C=O) groups is 2. The predicted octanol–water partition coefficient (Wildman–Crippen LogP) is 5.27. The molecule has 7 nitrogen and oxygen atoms in total. The number of ether oxygens (including phenoxy) is 2. The highest BCUT2D eigenvalue weighted by atomic mass is 19.4. The molecule has 1 aromatic heterocycles. The molecule has 3 rings (SSSR count). The summed E-state index contributed by atoms with van der Waals surface area (Å²) in [6.45, 7) is 3.12. The number of Topliss-reactive ketones (excluding diaryl/α,β-unsaturated/α-hetero) is 1. The van der Waals surface area contributed by atoms with Crippen molar-refractivity contribution >= 4 is 22.6 Å². The molecule has 37 heavy (non-hydrogen) atoms. The van der Waals surface area contributed by atoms with Gasteiger partial charge < -0.3 is 14.8 Å². The van der Waals surface area contributed by atoms with E-state index in [-0.39, 0.29) is 23.8 Å². The fourth-order valence-electron chi connectivity index (χ4n) is 4.05. The average Bonchev–Trinajstić information content (AvgIpc) is 3.27. The van der Waals surface area contributed by atoms with Gasteiger partial charge in [-0.25, -0.2) is 4.39 Å². The van der Waals surface area contributed by atoms with Crippen LogP contribution in [-0.2, 0) is 17.5 Å². The Morgan fingerprint density at radius 1 is 1.14 bits per heavy atom. The first-order valence-electron chi connectivity index (χ1n) is 11.8. The molecule has 1 unspecified atom stereocenters. The minimum atomic E-state index is -4.68. The molecule has 0 aliphatic carbocycles. The van der Waals surface area contributed by atoms with E-state index in [4.69, 9.17) is 9.47 Å². The zero-order chi connectivity index (χ0) is 27.2. The smallest absolute Gasteiger partial charge is 0.416 e. The lowest BCUT2D eigenvalue weighted by Gasteiger charge is -2.15. The second kappa shape index (κ2) is 12.2. The van der Waals surface area contributed by atoms with Crippen LogP contribution in [0.25, 0.3) is 10.9 Å². The Morgan fingerprint density at radius 2 is 1.86 bits per heavy atom. The van der Waals surface area contributed by atoms with Crippen molar-refractivity contribution in [3.05, 3.63) is 59.0 Å². The molecule has 1 heterocycles. The minimum Gasteiger partial charge on any atom is -0.495 e. The van der Waals surface area contributed by atoms with Crippen LogP contribution in [0.3, 0.4) is 0 Å². The van der Waals surface area contributed by atoms with E-state index in [2.05, 4.69) is 10.4 Å². The maximum absolute atomic E-state index is 14.2. The molecule has 0 fully saturated rings. The summed E-state index contributed by atoms with van der Waals surface area (Å²) in [6, 6.07) is 5.30. The maximum atomic E-state index is 14.2. The topological polar surface area (TPSA) is 82.5 Å². The molecular formula is C26H29F4N3O4. The van der Waals surface area contributed by atoms with Gasteiger partial charge in [0.05, 0.1) is 41.3 Å². The van der Waals surface area contributed by atoms with Gasteiger partial charge in [0.2, 0.25) is 0 Å². The molecule has 0 aliphatic rings. The first kappa shape index (κ1) is 28.1. The molecule has 0 spiro atoms. The van der Waals surface area contributed by atoms with Gasteiger partial charge in [-0.3, -0.25) is 14.3 Å². The molecule has 0 bridgehead atoms. The summed E-state index contributed by atoms with van der Waals surface area (Å²) in [5.41, 5.74) is -0.497. The van der Waals surface area contributed by atoms with Crippen molar-refractivity contribution in [1.29, 1.82) is 0 Å². The van der Waals surface area contributed by atoms with E-state index in [0.29, 0.717) is 66.9 Å². The Bertz CT molecular complexity index is 1260. The van der Waals surface area contributed by atoms with Crippen LogP contribution in [0.4, 0.5) is 17.6 Å². The average molecular weight is 524 g/mol. The third kappa shape index (κ3) is 6.85.